The highest BCUT2D eigenvalue weighted by Gasteiger charge is 2.18. The number of ether oxygens (including phenoxy) is 1. The Kier molecular flexibility index (Phi) is 7.25. The smallest absolute Gasteiger partial charge is 0.270 e. The molecule has 1 fully saturated rings. The molecule has 0 bridgehead atoms. The molecule has 0 atom stereocenters. The molecule has 1 amide bonds. The zero-order valence-corrected chi connectivity index (χ0v) is 19.4. The third-order valence-corrected chi connectivity index (χ3v) is 6.07. The van der Waals surface area contributed by atoms with Gasteiger partial charge in [-0.1, -0.05) is 29.8 Å². The summed E-state index contributed by atoms with van der Waals surface area (Å²) in [4.78, 5) is 15.5. The molecule has 1 aliphatic rings. The van der Waals surface area contributed by atoms with E-state index in [0.717, 1.165) is 56.2 Å². The van der Waals surface area contributed by atoms with Crippen LogP contribution in [-0.2, 0) is 4.74 Å². The summed E-state index contributed by atoms with van der Waals surface area (Å²) in [6.07, 6.45) is 0.890. The molecule has 1 aromatic heterocycles. The van der Waals surface area contributed by atoms with Crippen LogP contribution in [0.4, 0.5) is 0 Å². The van der Waals surface area contributed by atoms with Crippen molar-refractivity contribution in [3.05, 3.63) is 70.4 Å². The Morgan fingerprint density at radius 3 is 2.66 bits per heavy atom. The standard InChI is InChI=1S/C25H29ClN4O2/c1-18-7-8-20(15-19(18)2)23-17-24(30(28-23)22-6-3-5-21(26)16-22)25(31)27-9-4-10-29-11-13-32-14-12-29/h3,5-8,15-17H,4,9-14H2,1-2H3,(H,27,31). The minimum atomic E-state index is -0.144. The molecule has 1 saturated heterocycles. The summed E-state index contributed by atoms with van der Waals surface area (Å²) < 4.78 is 7.06. The average molecular weight is 453 g/mol. The summed E-state index contributed by atoms with van der Waals surface area (Å²) >= 11 is 6.21. The van der Waals surface area contributed by atoms with Gasteiger partial charge >= 0.3 is 0 Å². The van der Waals surface area contributed by atoms with E-state index in [4.69, 9.17) is 21.4 Å². The van der Waals surface area contributed by atoms with Crippen LogP contribution < -0.4 is 5.32 Å². The second-order valence-electron chi connectivity index (χ2n) is 8.17. The lowest BCUT2D eigenvalue weighted by Gasteiger charge is -2.26. The Labute approximate surface area is 194 Å². The first-order valence-electron chi connectivity index (χ1n) is 11.0. The van der Waals surface area contributed by atoms with Gasteiger partial charge in [0.1, 0.15) is 5.69 Å². The minimum Gasteiger partial charge on any atom is -0.379 e. The molecule has 7 heteroatoms. The van der Waals surface area contributed by atoms with Crippen molar-refractivity contribution in [2.75, 3.05) is 39.4 Å². The molecule has 6 nitrogen and oxygen atoms in total. The molecule has 3 aromatic rings. The van der Waals surface area contributed by atoms with Crippen LogP contribution in [-0.4, -0.2) is 60.0 Å². The molecule has 4 rings (SSSR count). The lowest BCUT2D eigenvalue weighted by molar-refractivity contribution is 0.0374. The first-order valence-corrected chi connectivity index (χ1v) is 11.4. The highest BCUT2D eigenvalue weighted by Crippen LogP contribution is 2.25. The number of hydrogen-bond acceptors (Lipinski definition) is 4. The number of halogens is 1. The van der Waals surface area contributed by atoms with E-state index in [2.05, 4.69) is 36.2 Å². The highest BCUT2D eigenvalue weighted by molar-refractivity contribution is 6.30. The molecule has 1 aliphatic heterocycles. The predicted molar refractivity (Wildman–Crippen MR) is 128 cm³/mol. The van der Waals surface area contributed by atoms with E-state index in [9.17, 15) is 4.79 Å². The number of aromatic nitrogens is 2. The summed E-state index contributed by atoms with van der Waals surface area (Å²) in [6, 6.07) is 15.5. The van der Waals surface area contributed by atoms with E-state index in [1.807, 2.05) is 36.4 Å². The van der Waals surface area contributed by atoms with Gasteiger partial charge in [-0.3, -0.25) is 9.69 Å². The lowest BCUT2D eigenvalue weighted by atomic mass is 10.0. The van der Waals surface area contributed by atoms with Crippen LogP contribution in [0.2, 0.25) is 5.02 Å². The molecular weight excluding hydrogens is 424 g/mol. The van der Waals surface area contributed by atoms with Crippen LogP contribution in [0.25, 0.3) is 16.9 Å². The number of nitrogens with one attached hydrogen (secondary N) is 1. The van der Waals surface area contributed by atoms with Gasteiger partial charge in [-0.2, -0.15) is 5.10 Å². The molecule has 168 valence electrons. The van der Waals surface area contributed by atoms with Gasteiger partial charge in [-0.15, -0.1) is 0 Å². The zero-order valence-electron chi connectivity index (χ0n) is 18.6. The van der Waals surface area contributed by atoms with Crippen molar-refractivity contribution in [1.82, 2.24) is 20.0 Å². The van der Waals surface area contributed by atoms with E-state index in [-0.39, 0.29) is 5.91 Å². The maximum Gasteiger partial charge on any atom is 0.270 e. The number of morpholine rings is 1. The maximum atomic E-state index is 13.1. The third kappa shape index (κ3) is 5.38. The van der Waals surface area contributed by atoms with Gasteiger partial charge in [-0.05, 0) is 68.3 Å². The second kappa shape index (κ2) is 10.3. The van der Waals surface area contributed by atoms with Gasteiger partial charge < -0.3 is 10.1 Å². The largest absolute Gasteiger partial charge is 0.379 e. The Morgan fingerprint density at radius 1 is 1.09 bits per heavy atom. The Morgan fingerprint density at radius 2 is 1.91 bits per heavy atom. The molecule has 0 saturated carbocycles. The van der Waals surface area contributed by atoms with Crippen molar-refractivity contribution in [3.63, 3.8) is 0 Å². The van der Waals surface area contributed by atoms with E-state index in [1.165, 1.54) is 11.1 Å². The fourth-order valence-electron chi connectivity index (χ4n) is 3.81. The maximum absolute atomic E-state index is 13.1. The molecular formula is C25H29ClN4O2. The van der Waals surface area contributed by atoms with Crippen molar-refractivity contribution in [2.45, 2.75) is 20.3 Å². The average Bonchev–Trinajstić information content (AvgIpc) is 3.25. The van der Waals surface area contributed by atoms with Gasteiger partial charge in [-0.25, -0.2) is 4.68 Å². The number of nitrogens with zero attached hydrogens (tertiary/aromatic N) is 3. The van der Waals surface area contributed by atoms with Crippen molar-refractivity contribution in [3.8, 4) is 16.9 Å². The molecule has 0 unspecified atom stereocenters. The van der Waals surface area contributed by atoms with Gasteiger partial charge in [0.15, 0.2) is 0 Å². The summed E-state index contributed by atoms with van der Waals surface area (Å²) in [5, 5.41) is 8.42. The Hall–Kier alpha value is -2.67. The third-order valence-electron chi connectivity index (χ3n) is 5.84. The van der Waals surface area contributed by atoms with Crippen LogP contribution in [0.15, 0.2) is 48.5 Å². The van der Waals surface area contributed by atoms with E-state index in [1.54, 1.807) is 4.68 Å². The molecule has 0 radical (unpaired) electrons. The predicted octanol–water partition coefficient (Wildman–Crippen LogP) is 4.26. The van der Waals surface area contributed by atoms with E-state index in [0.29, 0.717) is 17.3 Å². The molecule has 32 heavy (non-hydrogen) atoms. The Balaban J connectivity index is 1.54. The topological polar surface area (TPSA) is 59.4 Å². The van der Waals surface area contributed by atoms with Crippen molar-refractivity contribution < 1.29 is 9.53 Å². The summed E-state index contributed by atoms with van der Waals surface area (Å²) in [6.45, 7) is 9.19. The fourth-order valence-corrected chi connectivity index (χ4v) is 3.99. The van der Waals surface area contributed by atoms with E-state index >= 15 is 0 Å². The van der Waals surface area contributed by atoms with Crippen molar-refractivity contribution in [2.24, 2.45) is 0 Å². The normalized spacial score (nSPS) is 14.5. The molecule has 2 aromatic carbocycles. The fraction of sp³-hybridized carbons (Fsp3) is 0.360. The van der Waals surface area contributed by atoms with Gasteiger partial charge in [0, 0.05) is 30.2 Å². The number of carbonyl (C=O) groups is 1. The monoisotopic (exact) mass is 452 g/mol. The Bertz CT molecular complexity index is 1090. The number of aryl methyl sites for hydroxylation is 2. The number of rotatable bonds is 7. The van der Waals surface area contributed by atoms with Gasteiger partial charge in [0.2, 0.25) is 0 Å². The first-order chi connectivity index (χ1) is 15.5. The van der Waals surface area contributed by atoms with Crippen LogP contribution in [0, 0.1) is 13.8 Å². The molecule has 1 N–H and O–H groups in total. The van der Waals surface area contributed by atoms with Crippen LogP contribution >= 0.6 is 11.6 Å². The first kappa shape index (κ1) is 22.5. The molecule has 2 heterocycles. The van der Waals surface area contributed by atoms with Crippen LogP contribution in [0.5, 0.6) is 0 Å². The quantitative estimate of drug-likeness (QED) is 0.544. The summed E-state index contributed by atoms with van der Waals surface area (Å²) in [5.74, 6) is -0.144. The minimum absolute atomic E-state index is 0.144. The van der Waals surface area contributed by atoms with E-state index < -0.39 is 0 Å². The van der Waals surface area contributed by atoms with Gasteiger partial charge in [0.05, 0.1) is 24.6 Å². The highest BCUT2D eigenvalue weighted by atomic mass is 35.5. The summed E-state index contributed by atoms with van der Waals surface area (Å²) in [7, 11) is 0. The number of hydrogen-bond donors (Lipinski definition) is 1. The van der Waals surface area contributed by atoms with Crippen LogP contribution in [0.3, 0.4) is 0 Å². The molecule has 0 spiro atoms. The molecule has 0 aliphatic carbocycles. The van der Waals surface area contributed by atoms with Crippen molar-refractivity contribution in [1.29, 1.82) is 0 Å². The second-order valence-corrected chi connectivity index (χ2v) is 8.61. The lowest BCUT2D eigenvalue weighted by Crippen LogP contribution is -2.38. The SMILES string of the molecule is Cc1ccc(-c2cc(C(=O)NCCCN3CCOCC3)n(-c3cccc(Cl)c3)n2)cc1C. The van der Waals surface area contributed by atoms with Crippen LogP contribution in [0.1, 0.15) is 28.0 Å². The number of benzene rings is 2. The number of amides is 1. The van der Waals surface area contributed by atoms with Crippen molar-refractivity contribution >= 4 is 17.5 Å². The zero-order chi connectivity index (χ0) is 22.5. The van der Waals surface area contributed by atoms with Gasteiger partial charge in [0.25, 0.3) is 5.91 Å². The number of carbonyl (C=O) groups excluding carboxylic acids is 1. The summed E-state index contributed by atoms with van der Waals surface area (Å²) in [5.41, 5.74) is 5.40.